The molecule has 1 fully saturated rings. The minimum Gasteiger partial charge on any atom is -0.326 e. The van der Waals surface area contributed by atoms with Gasteiger partial charge in [-0.05, 0) is 39.3 Å². The topological polar surface area (TPSA) is 29.3 Å². The molecule has 0 aliphatic carbocycles. The smallest absolute Gasteiger partial charge is 0.128 e. The zero-order valence-corrected chi connectivity index (χ0v) is 10.6. The molecule has 2 nitrogen and oxygen atoms in total. The van der Waals surface area contributed by atoms with E-state index in [1.54, 1.807) is 6.07 Å². The maximum atomic E-state index is 13.9. The molecule has 0 saturated carbocycles. The Morgan fingerprint density at radius 3 is 2.71 bits per heavy atom. The highest BCUT2D eigenvalue weighted by molar-refractivity contribution is 5.23. The zero-order valence-electron chi connectivity index (χ0n) is 10.6. The van der Waals surface area contributed by atoms with Crippen LogP contribution in [0.4, 0.5) is 4.39 Å². The van der Waals surface area contributed by atoms with Gasteiger partial charge in [-0.15, -0.1) is 0 Å². The van der Waals surface area contributed by atoms with Crippen molar-refractivity contribution in [3.05, 3.63) is 35.6 Å². The van der Waals surface area contributed by atoms with E-state index in [-0.39, 0.29) is 17.9 Å². The second-order valence-corrected chi connectivity index (χ2v) is 5.10. The summed E-state index contributed by atoms with van der Waals surface area (Å²) in [7, 11) is 0. The summed E-state index contributed by atoms with van der Waals surface area (Å²) < 4.78 is 13.9. The summed E-state index contributed by atoms with van der Waals surface area (Å²) in [6.07, 6.45) is 2.08. The van der Waals surface area contributed by atoms with Crippen LogP contribution in [0.1, 0.15) is 38.3 Å². The summed E-state index contributed by atoms with van der Waals surface area (Å²) in [4.78, 5) is 2.31. The average Bonchev–Trinajstić information content (AvgIpc) is 2.30. The van der Waals surface area contributed by atoms with Crippen molar-refractivity contribution < 1.29 is 4.39 Å². The summed E-state index contributed by atoms with van der Waals surface area (Å²) in [6, 6.07) is 7.44. The maximum Gasteiger partial charge on any atom is 0.128 e. The van der Waals surface area contributed by atoms with Crippen molar-refractivity contribution in [3.63, 3.8) is 0 Å². The van der Waals surface area contributed by atoms with E-state index in [9.17, 15) is 4.39 Å². The van der Waals surface area contributed by atoms with Gasteiger partial charge >= 0.3 is 0 Å². The Morgan fingerprint density at radius 1 is 1.35 bits per heavy atom. The Morgan fingerprint density at radius 2 is 2.06 bits per heavy atom. The Hall–Kier alpha value is -0.930. The first-order valence-electron chi connectivity index (χ1n) is 6.37. The Kier molecular flexibility index (Phi) is 3.79. The number of piperidine rings is 1. The van der Waals surface area contributed by atoms with Crippen LogP contribution in [0, 0.1) is 5.82 Å². The van der Waals surface area contributed by atoms with Crippen LogP contribution in [0.2, 0.25) is 0 Å². The minimum absolute atomic E-state index is 0.0185. The van der Waals surface area contributed by atoms with Crippen LogP contribution in [0.5, 0.6) is 0 Å². The molecule has 1 aliphatic heterocycles. The molecule has 94 valence electrons. The van der Waals surface area contributed by atoms with Crippen LogP contribution in [0.15, 0.2) is 24.3 Å². The summed E-state index contributed by atoms with van der Waals surface area (Å²) in [6.45, 7) is 5.29. The molecule has 1 aromatic rings. The van der Waals surface area contributed by atoms with Crippen molar-refractivity contribution >= 4 is 0 Å². The molecule has 2 unspecified atom stereocenters. The highest BCUT2D eigenvalue weighted by atomic mass is 19.1. The monoisotopic (exact) mass is 236 g/mol. The SMILES string of the molecule is CC(C)N1CCCC(N)C1c1ccccc1F. The number of nitrogens with zero attached hydrogens (tertiary/aromatic N) is 1. The molecule has 1 saturated heterocycles. The second kappa shape index (κ2) is 5.15. The van der Waals surface area contributed by atoms with E-state index in [1.807, 2.05) is 12.1 Å². The van der Waals surface area contributed by atoms with Gasteiger partial charge in [0.25, 0.3) is 0 Å². The molecular weight excluding hydrogens is 215 g/mol. The molecule has 0 spiro atoms. The first-order valence-corrected chi connectivity index (χ1v) is 6.37. The summed E-state index contributed by atoms with van der Waals surface area (Å²) in [5.74, 6) is -0.138. The molecule has 2 atom stereocenters. The highest BCUT2D eigenvalue weighted by Crippen LogP contribution is 2.32. The van der Waals surface area contributed by atoms with E-state index in [1.165, 1.54) is 6.07 Å². The summed E-state index contributed by atoms with van der Waals surface area (Å²) in [5, 5.41) is 0. The number of nitrogens with two attached hydrogens (primary N) is 1. The van der Waals surface area contributed by atoms with Crippen LogP contribution in [0.3, 0.4) is 0 Å². The van der Waals surface area contributed by atoms with Gasteiger partial charge in [0.15, 0.2) is 0 Å². The van der Waals surface area contributed by atoms with Crippen molar-refractivity contribution in [2.24, 2.45) is 5.73 Å². The Labute approximate surface area is 103 Å². The van der Waals surface area contributed by atoms with Crippen molar-refractivity contribution in [1.82, 2.24) is 4.90 Å². The number of rotatable bonds is 2. The van der Waals surface area contributed by atoms with Gasteiger partial charge in [0.2, 0.25) is 0 Å². The van der Waals surface area contributed by atoms with Crippen LogP contribution >= 0.6 is 0 Å². The fourth-order valence-corrected chi connectivity index (χ4v) is 2.76. The number of likely N-dealkylation sites (tertiary alicyclic amines) is 1. The van der Waals surface area contributed by atoms with E-state index in [4.69, 9.17) is 5.73 Å². The van der Waals surface area contributed by atoms with Crippen molar-refractivity contribution in [2.75, 3.05) is 6.54 Å². The zero-order chi connectivity index (χ0) is 12.4. The van der Waals surface area contributed by atoms with Crippen LogP contribution in [-0.4, -0.2) is 23.5 Å². The lowest BCUT2D eigenvalue weighted by Gasteiger charge is -2.42. The predicted molar refractivity (Wildman–Crippen MR) is 68.2 cm³/mol. The molecular formula is C14H21FN2. The van der Waals surface area contributed by atoms with Crippen LogP contribution in [-0.2, 0) is 0 Å². The second-order valence-electron chi connectivity index (χ2n) is 5.10. The molecule has 1 aliphatic rings. The van der Waals surface area contributed by atoms with E-state index in [0.717, 1.165) is 24.9 Å². The van der Waals surface area contributed by atoms with E-state index in [2.05, 4.69) is 18.7 Å². The number of halogens is 1. The molecule has 0 radical (unpaired) electrons. The van der Waals surface area contributed by atoms with Crippen LogP contribution < -0.4 is 5.73 Å². The number of benzene rings is 1. The van der Waals surface area contributed by atoms with Crippen molar-refractivity contribution in [1.29, 1.82) is 0 Å². The number of hydrogen-bond acceptors (Lipinski definition) is 2. The summed E-state index contributed by atoms with van der Waals surface area (Å²) >= 11 is 0. The minimum atomic E-state index is -0.138. The normalized spacial score (nSPS) is 26.4. The van der Waals surface area contributed by atoms with Gasteiger partial charge in [-0.1, -0.05) is 18.2 Å². The maximum absolute atomic E-state index is 13.9. The van der Waals surface area contributed by atoms with Gasteiger partial charge in [-0.3, -0.25) is 4.90 Å². The van der Waals surface area contributed by atoms with E-state index in [0.29, 0.717) is 6.04 Å². The summed E-state index contributed by atoms with van der Waals surface area (Å²) in [5.41, 5.74) is 6.94. The third-order valence-corrected chi connectivity index (χ3v) is 3.60. The standard InChI is InChI=1S/C14H21FN2/c1-10(2)17-9-5-8-13(16)14(17)11-6-3-4-7-12(11)15/h3-4,6-7,10,13-14H,5,8-9,16H2,1-2H3. The van der Waals surface area contributed by atoms with Crippen molar-refractivity contribution in [3.8, 4) is 0 Å². The molecule has 1 heterocycles. The van der Waals surface area contributed by atoms with E-state index < -0.39 is 0 Å². The molecule has 1 aromatic carbocycles. The van der Waals surface area contributed by atoms with Gasteiger partial charge in [0, 0.05) is 17.6 Å². The molecule has 0 aromatic heterocycles. The third kappa shape index (κ3) is 2.50. The predicted octanol–water partition coefficient (Wildman–Crippen LogP) is 2.70. The molecule has 0 amide bonds. The van der Waals surface area contributed by atoms with Gasteiger partial charge in [0.1, 0.15) is 5.82 Å². The molecule has 2 rings (SSSR count). The van der Waals surface area contributed by atoms with Crippen LogP contribution in [0.25, 0.3) is 0 Å². The van der Waals surface area contributed by atoms with Crippen molar-refractivity contribution in [2.45, 2.75) is 44.8 Å². The lowest BCUT2D eigenvalue weighted by atomic mass is 9.89. The first-order chi connectivity index (χ1) is 8.11. The number of hydrogen-bond donors (Lipinski definition) is 1. The highest BCUT2D eigenvalue weighted by Gasteiger charge is 2.33. The average molecular weight is 236 g/mol. The molecule has 2 N–H and O–H groups in total. The fraction of sp³-hybridized carbons (Fsp3) is 0.571. The fourth-order valence-electron chi connectivity index (χ4n) is 2.76. The van der Waals surface area contributed by atoms with Gasteiger partial charge < -0.3 is 5.73 Å². The largest absolute Gasteiger partial charge is 0.326 e. The van der Waals surface area contributed by atoms with Gasteiger partial charge in [-0.25, -0.2) is 4.39 Å². The van der Waals surface area contributed by atoms with Gasteiger partial charge in [-0.2, -0.15) is 0 Å². The molecule has 3 heteroatoms. The lowest BCUT2D eigenvalue weighted by molar-refractivity contribution is 0.0922. The van der Waals surface area contributed by atoms with E-state index >= 15 is 0 Å². The van der Waals surface area contributed by atoms with Gasteiger partial charge in [0.05, 0.1) is 6.04 Å². The lowest BCUT2D eigenvalue weighted by Crippen LogP contribution is -2.48. The molecule has 17 heavy (non-hydrogen) atoms. The Bertz CT molecular complexity index is 378. The quantitative estimate of drug-likeness (QED) is 0.855. The third-order valence-electron chi connectivity index (χ3n) is 3.60. The first kappa shape index (κ1) is 12.5. The Balaban J connectivity index is 2.35. The molecule has 0 bridgehead atoms.